The van der Waals surface area contributed by atoms with E-state index in [-0.39, 0.29) is 5.54 Å². The minimum absolute atomic E-state index is 0.199. The van der Waals surface area contributed by atoms with Crippen LogP contribution in [0.3, 0.4) is 0 Å². The molecular weight excluding hydrogens is 246 g/mol. The summed E-state index contributed by atoms with van der Waals surface area (Å²) in [7, 11) is 4.75. The summed E-state index contributed by atoms with van der Waals surface area (Å²) in [4.78, 5) is 4.54. The highest BCUT2D eigenvalue weighted by molar-refractivity contribution is 5.96. The molecule has 0 atom stereocenters. The zero-order valence-corrected chi connectivity index (χ0v) is 11.9. The second-order valence-corrected chi connectivity index (χ2v) is 4.93. The Hall–Kier alpha value is -1.91. The van der Waals surface area contributed by atoms with Gasteiger partial charge < -0.3 is 18.9 Å². The maximum absolute atomic E-state index is 5.62. The van der Waals surface area contributed by atoms with E-state index < -0.39 is 0 Å². The second kappa shape index (κ2) is 4.99. The lowest BCUT2D eigenvalue weighted by atomic mass is 10.1. The Labute approximate surface area is 113 Å². The molecule has 0 N–H and O–H groups in total. The van der Waals surface area contributed by atoms with Crippen LogP contribution < -0.4 is 14.2 Å². The van der Waals surface area contributed by atoms with Crippen LogP contribution in [-0.4, -0.2) is 39.4 Å². The molecule has 0 saturated heterocycles. The average molecular weight is 265 g/mol. The van der Waals surface area contributed by atoms with Crippen LogP contribution in [0.1, 0.15) is 19.4 Å². The van der Waals surface area contributed by atoms with Crippen molar-refractivity contribution in [3.8, 4) is 17.2 Å². The van der Waals surface area contributed by atoms with E-state index >= 15 is 0 Å². The molecule has 1 aliphatic heterocycles. The first-order valence-corrected chi connectivity index (χ1v) is 6.04. The zero-order chi connectivity index (χ0) is 14.0. The Balaban J connectivity index is 2.48. The van der Waals surface area contributed by atoms with Gasteiger partial charge in [0.25, 0.3) is 0 Å². The molecule has 0 fully saturated rings. The molecule has 5 nitrogen and oxygen atoms in total. The fraction of sp³-hybridized carbons (Fsp3) is 0.500. The SMILES string of the molecule is COc1cc(C2=NC(C)(C)CO2)cc(OC)c1OC. The summed E-state index contributed by atoms with van der Waals surface area (Å²) in [5.41, 5.74) is 0.621. The molecule has 1 aliphatic rings. The summed E-state index contributed by atoms with van der Waals surface area (Å²) in [6.07, 6.45) is 0. The van der Waals surface area contributed by atoms with Crippen molar-refractivity contribution in [2.24, 2.45) is 4.99 Å². The molecular formula is C14H19NO4. The van der Waals surface area contributed by atoms with Crippen LogP contribution in [0.2, 0.25) is 0 Å². The molecule has 0 saturated carbocycles. The second-order valence-electron chi connectivity index (χ2n) is 4.93. The first kappa shape index (κ1) is 13.5. The van der Waals surface area contributed by atoms with E-state index in [2.05, 4.69) is 4.99 Å². The van der Waals surface area contributed by atoms with Gasteiger partial charge in [0.1, 0.15) is 6.61 Å². The molecule has 0 unspecified atom stereocenters. The monoisotopic (exact) mass is 265 g/mol. The third-order valence-corrected chi connectivity index (χ3v) is 2.88. The summed E-state index contributed by atoms with van der Waals surface area (Å²) in [5, 5.41) is 0. The van der Waals surface area contributed by atoms with Crippen LogP contribution in [0.4, 0.5) is 0 Å². The topological polar surface area (TPSA) is 49.3 Å². The van der Waals surface area contributed by atoms with Crippen molar-refractivity contribution in [3.05, 3.63) is 17.7 Å². The van der Waals surface area contributed by atoms with E-state index in [9.17, 15) is 0 Å². The van der Waals surface area contributed by atoms with Gasteiger partial charge in [0.05, 0.1) is 26.9 Å². The van der Waals surface area contributed by atoms with Crippen LogP contribution in [0.5, 0.6) is 17.2 Å². The maximum Gasteiger partial charge on any atom is 0.217 e. The Kier molecular flexibility index (Phi) is 3.55. The van der Waals surface area contributed by atoms with Gasteiger partial charge in [-0.25, -0.2) is 4.99 Å². The minimum atomic E-state index is -0.199. The lowest BCUT2D eigenvalue weighted by Crippen LogP contribution is -2.17. The van der Waals surface area contributed by atoms with Gasteiger partial charge in [-0.05, 0) is 26.0 Å². The normalized spacial score (nSPS) is 16.6. The largest absolute Gasteiger partial charge is 0.493 e. The number of nitrogens with zero attached hydrogens (tertiary/aromatic N) is 1. The fourth-order valence-corrected chi connectivity index (χ4v) is 1.94. The van der Waals surface area contributed by atoms with Gasteiger partial charge in [-0.3, -0.25) is 0 Å². The van der Waals surface area contributed by atoms with Gasteiger partial charge in [0, 0.05) is 5.56 Å². The van der Waals surface area contributed by atoms with Gasteiger partial charge in [0.2, 0.25) is 11.6 Å². The van der Waals surface area contributed by atoms with Gasteiger partial charge in [-0.1, -0.05) is 0 Å². The highest BCUT2D eigenvalue weighted by Gasteiger charge is 2.28. The molecule has 0 bridgehead atoms. The minimum Gasteiger partial charge on any atom is -0.493 e. The molecule has 1 aromatic carbocycles. The Morgan fingerprint density at radius 3 is 2.00 bits per heavy atom. The fourth-order valence-electron chi connectivity index (χ4n) is 1.94. The highest BCUT2D eigenvalue weighted by atomic mass is 16.5. The molecule has 0 aromatic heterocycles. The van der Waals surface area contributed by atoms with E-state index in [1.807, 2.05) is 26.0 Å². The number of ether oxygens (including phenoxy) is 4. The molecule has 0 radical (unpaired) electrons. The van der Waals surface area contributed by atoms with E-state index in [0.717, 1.165) is 5.56 Å². The van der Waals surface area contributed by atoms with Crippen LogP contribution >= 0.6 is 0 Å². The number of hydrogen-bond donors (Lipinski definition) is 0. The van der Waals surface area contributed by atoms with Gasteiger partial charge in [0.15, 0.2) is 11.5 Å². The molecule has 19 heavy (non-hydrogen) atoms. The first-order chi connectivity index (χ1) is 9.00. The first-order valence-electron chi connectivity index (χ1n) is 6.04. The van der Waals surface area contributed by atoms with Crippen LogP contribution in [-0.2, 0) is 4.74 Å². The molecule has 0 aliphatic carbocycles. The van der Waals surface area contributed by atoms with Crippen molar-refractivity contribution in [1.82, 2.24) is 0 Å². The lowest BCUT2D eigenvalue weighted by Gasteiger charge is -2.13. The number of methoxy groups -OCH3 is 3. The molecule has 104 valence electrons. The Morgan fingerprint density at radius 1 is 1.05 bits per heavy atom. The smallest absolute Gasteiger partial charge is 0.217 e. The summed E-state index contributed by atoms with van der Waals surface area (Å²) in [5.74, 6) is 2.34. The Morgan fingerprint density at radius 2 is 1.63 bits per heavy atom. The van der Waals surface area contributed by atoms with Crippen molar-refractivity contribution in [3.63, 3.8) is 0 Å². The number of hydrogen-bond acceptors (Lipinski definition) is 5. The van der Waals surface area contributed by atoms with E-state index in [4.69, 9.17) is 18.9 Å². The number of rotatable bonds is 4. The highest BCUT2D eigenvalue weighted by Crippen LogP contribution is 2.39. The quantitative estimate of drug-likeness (QED) is 0.838. The average Bonchev–Trinajstić information content (AvgIpc) is 2.77. The maximum atomic E-state index is 5.62. The molecule has 2 rings (SSSR count). The molecule has 0 amide bonds. The van der Waals surface area contributed by atoms with Gasteiger partial charge >= 0.3 is 0 Å². The standard InChI is InChI=1S/C14H19NO4/c1-14(2)8-19-13(15-14)9-6-10(16-3)12(18-5)11(7-9)17-4/h6-7H,8H2,1-5H3. The van der Waals surface area contributed by atoms with E-state index in [1.54, 1.807) is 21.3 Å². The summed E-state index contributed by atoms with van der Waals surface area (Å²) in [6.45, 7) is 4.62. The van der Waals surface area contributed by atoms with Crippen LogP contribution in [0, 0.1) is 0 Å². The summed E-state index contributed by atoms with van der Waals surface area (Å²) in [6, 6.07) is 3.67. The molecule has 1 heterocycles. The van der Waals surface area contributed by atoms with Crippen molar-refractivity contribution < 1.29 is 18.9 Å². The molecule has 1 aromatic rings. The van der Waals surface area contributed by atoms with Gasteiger partial charge in [-0.2, -0.15) is 0 Å². The molecule has 5 heteroatoms. The summed E-state index contributed by atoms with van der Waals surface area (Å²) < 4.78 is 21.5. The van der Waals surface area contributed by atoms with Crippen LogP contribution in [0.25, 0.3) is 0 Å². The van der Waals surface area contributed by atoms with Crippen LogP contribution in [0.15, 0.2) is 17.1 Å². The lowest BCUT2D eigenvalue weighted by molar-refractivity contribution is 0.279. The summed E-state index contributed by atoms with van der Waals surface area (Å²) >= 11 is 0. The van der Waals surface area contributed by atoms with Crippen molar-refractivity contribution in [1.29, 1.82) is 0 Å². The predicted octanol–water partition coefficient (Wildman–Crippen LogP) is 2.27. The molecule has 0 spiro atoms. The Bertz CT molecular complexity index is 483. The third-order valence-electron chi connectivity index (χ3n) is 2.88. The zero-order valence-electron chi connectivity index (χ0n) is 11.9. The number of benzene rings is 1. The predicted molar refractivity (Wildman–Crippen MR) is 72.7 cm³/mol. The van der Waals surface area contributed by atoms with E-state index in [0.29, 0.717) is 29.8 Å². The van der Waals surface area contributed by atoms with Crippen molar-refractivity contribution in [2.75, 3.05) is 27.9 Å². The third kappa shape index (κ3) is 2.59. The van der Waals surface area contributed by atoms with Crippen molar-refractivity contribution >= 4 is 5.90 Å². The van der Waals surface area contributed by atoms with Gasteiger partial charge in [-0.15, -0.1) is 0 Å². The number of aliphatic imine (C=N–C) groups is 1. The van der Waals surface area contributed by atoms with Crippen molar-refractivity contribution in [2.45, 2.75) is 19.4 Å². The van der Waals surface area contributed by atoms with E-state index in [1.165, 1.54) is 0 Å².